The minimum absolute atomic E-state index is 0.591. The van der Waals surface area contributed by atoms with Crippen molar-refractivity contribution in [2.75, 3.05) is 4.90 Å². The lowest BCUT2D eigenvalue weighted by molar-refractivity contribution is 0.669. The maximum Gasteiger partial charge on any atom is 0.164 e. The molecule has 0 aliphatic carbocycles. The molecule has 0 unspecified atom stereocenters. The van der Waals surface area contributed by atoms with Crippen LogP contribution < -0.4 is 4.90 Å². The fourth-order valence-corrected chi connectivity index (χ4v) is 7.29. The Morgan fingerprint density at radius 2 is 0.981 bits per heavy atom. The molecule has 244 valence electrons. The Kier molecular flexibility index (Phi) is 7.07. The molecular weight excluding hydrogens is 637 g/mol. The van der Waals surface area contributed by atoms with Crippen LogP contribution in [-0.2, 0) is 0 Å². The van der Waals surface area contributed by atoms with Gasteiger partial charge in [-0.2, -0.15) is 0 Å². The van der Waals surface area contributed by atoms with E-state index in [0.29, 0.717) is 17.5 Å². The number of benzene rings is 8. The van der Waals surface area contributed by atoms with Gasteiger partial charge in [0.05, 0.1) is 5.69 Å². The maximum absolute atomic E-state index is 6.77. The van der Waals surface area contributed by atoms with Gasteiger partial charge in [-0.15, -0.1) is 0 Å². The molecule has 0 saturated heterocycles. The molecule has 0 aliphatic rings. The molecule has 10 aromatic rings. The minimum Gasteiger partial charge on any atom is -0.456 e. The van der Waals surface area contributed by atoms with E-state index in [1.165, 1.54) is 5.39 Å². The number of para-hydroxylation sites is 2. The molecule has 2 heterocycles. The second-order valence-electron chi connectivity index (χ2n) is 12.8. The van der Waals surface area contributed by atoms with Crippen LogP contribution in [0.5, 0.6) is 0 Å². The van der Waals surface area contributed by atoms with Gasteiger partial charge in [-0.1, -0.05) is 140 Å². The number of furan rings is 1. The minimum atomic E-state index is 0.591. The van der Waals surface area contributed by atoms with E-state index in [1.54, 1.807) is 0 Å². The highest BCUT2D eigenvalue weighted by Gasteiger charge is 2.23. The van der Waals surface area contributed by atoms with Crippen LogP contribution in [-0.4, -0.2) is 15.0 Å². The summed E-state index contributed by atoms with van der Waals surface area (Å²) in [4.78, 5) is 17.6. The normalized spacial score (nSPS) is 11.5. The molecule has 0 radical (unpaired) electrons. The molecule has 0 spiro atoms. The summed E-state index contributed by atoms with van der Waals surface area (Å²) in [7, 11) is 0. The fourth-order valence-electron chi connectivity index (χ4n) is 7.29. The Morgan fingerprint density at radius 3 is 1.71 bits per heavy atom. The molecule has 2 aromatic heterocycles. The molecule has 0 bridgehead atoms. The molecule has 5 nitrogen and oxygen atoms in total. The van der Waals surface area contributed by atoms with Gasteiger partial charge in [-0.3, -0.25) is 0 Å². The number of fused-ring (bicyclic) bond motifs is 6. The Balaban J connectivity index is 1.24. The molecule has 52 heavy (non-hydrogen) atoms. The first-order valence-corrected chi connectivity index (χ1v) is 17.4. The lowest BCUT2D eigenvalue weighted by atomic mass is 9.98. The SMILES string of the molecule is c1ccc(-c2nc(-c3ccc4ccccc4c3)nc(-c3cccc4oc5cc(N(c6ccccc6)c6ccccc6)c6ccccc6c5c34)n2)cc1. The Labute approximate surface area is 300 Å². The van der Waals surface area contributed by atoms with Crippen LogP contribution in [0.15, 0.2) is 186 Å². The molecule has 5 heteroatoms. The first-order chi connectivity index (χ1) is 25.8. The fraction of sp³-hybridized carbons (Fsp3) is 0. The average Bonchev–Trinajstić information content (AvgIpc) is 3.61. The van der Waals surface area contributed by atoms with Crippen LogP contribution in [0.1, 0.15) is 0 Å². The van der Waals surface area contributed by atoms with Gasteiger partial charge in [0.2, 0.25) is 0 Å². The largest absolute Gasteiger partial charge is 0.456 e. The topological polar surface area (TPSA) is 55.1 Å². The van der Waals surface area contributed by atoms with Gasteiger partial charge in [0.25, 0.3) is 0 Å². The first kappa shape index (κ1) is 29.8. The number of hydrogen-bond donors (Lipinski definition) is 0. The zero-order chi connectivity index (χ0) is 34.4. The van der Waals surface area contributed by atoms with Crippen LogP contribution in [0, 0.1) is 0 Å². The molecule has 0 amide bonds. The zero-order valence-electron chi connectivity index (χ0n) is 28.0. The van der Waals surface area contributed by atoms with Gasteiger partial charge in [0.1, 0.15) is 11.2 Å². The van der Waals surface area contributed by atoms with Crippen LogP contribution in [0.4, 0.5) is 17.1 Å². The van der Waals surface area contributed by atoms with Crippen LogP contribution in [0.3, 0.4) is 0 Å². The van der Waals surface area contributed by atoms with E-state index in [1.807, 2.05) is 54.6 Å². The zero-order valence-corrected chi connectivity index (χ0v) is 28.0. The Morgan fingerprint density at radius 1 is 0.385 bits per heavy atom. The molecule has 0 saturated carbocycles. The molecule has 0 aliphatic heterocycles. The quantitative estimate of drug-likeness (QED) is 0.177. The van der Waals surface area contributed by atoms with Crippen molar-refractivity contribution in [3.63, 3.8) is 0 Å². The van der Waals surface area contributed by atoms with Crippen molar-refractivity contribution in [3.05, 3.63) is 182 Å². The van der Waals surface area contributed by atoms with Crippen LogP contribution in [0.2, 0.25) is 0 Å². The van der Waals surface area contributed by atoms with Crippen molar-refractivity contribution in [1.82, 2.24) is 15.0 Å². The number of hydrogen-bond acceptors (Lipinski definition) is 5. The number of anilines is 3. The van der Waals surface area contributed by atoms with Gasteiger partial charge in [-0.05, 0) is 52.6 Å². The molecule has 0 N–H and O–H groups in total. The van der Waals surface area contributed by atoms with Crippen molar-refractivity contribution < 1.29 is 4.42 Å². The second kappa shape index (κ2) is 12.3. The van der Waals surface area contributed by atoms with Crippen LogP contribution >= 0.6 is 0 Å². The smallest absolute Gasteiger partial charge is 0.164 e. The van der Waals surface area contributed by atoms with E-state index >= 15 is 0 Å². The van der Waals surface area contributed by atoms with Crippen LogP contribution in [0.25, 0.3) is 77.6 Å². The predicted molar refractivity (Wildman–Crippen MR) is 213 cm³/mol. The van der Waals surface area contributed by atoms with E-state index in [4.69, 9.17) is 19.4 Å². The maximum atomic E-state index is 6.77. The molecule has 0 fully saturated rings. The molecule has 8 aromatic carbocycles. The lowest BCUT2D eigenvalue weighted by Crippen LogP contribution is -2.10. The van der Waals surface area contributed by atoms with Gasteiger partial charge in [0.15, 0.2) is 17.5 Å². The number of aromatic nitrogens is 3. The summed E-state index contributed by atoms with van der Waals surface area (Å²) in [6, 6.07) is 62.6. The number of rotatable bonds is 6. The van der Waals surface area contributed by atoms with E-state index in [-0.39, 0.29) is 0 Å². The number of nitrogens with zero attached hydrogens (tertiary/aromatic N) is 4. The van der Waals surface area contributed by atoms with Gasteiger partial charge >= 0.3 is 0 Å². The molecular formula is C47H30N4O. The van der Waals surface area contributed by atoms with E-state index < -0.39 is 0 Å². The summed E-state index contributed by atoms with van der Waals surface area (Å²) < 4.78 is 6.77. The Hall–Kier alpha value is -7.11. The Bertz CT molecular complexity index is 2860. The van der Waals surface area contributed by atoms with Gasteiger partial charge < -0.3 is 9.32 Å². The third-order valence-electron chi connectivity index (χ3n) is 9.67. The molecule has 0 atom stereocenters. The third-order valence-corrected chi connectivity index (χ3v) is 9.67. The van der Waals surface area contributed by atoms with Crippen molar-refractivity contribution in [1.29, 1.82) is 0 Å². The van der Waals surface area contributed by atoms with Crippen molar-refractivity contribution in [2.45, 2.75) is 0 Å². The summed E-state index contributed by atoms with van der Waals surface area (Å²) in [5.41, 5.74) is 7.47. The summed E-state index contributed by atoms with van der Waals surface area (Å²) >= 11 is 0. The summed E-state index contributed by atoms with van der Waals surface area (Å²) in [5, 5.41) is 6.50. The highest BCUT2D eigenvalue weighted by molar-refractivity contribution is 6.25. The first-order valence-electron chi connectivity index (χ1n) is 17.4. The van der Waals surface area contributed by atoms with E-state index in [0.717, 1.165) is 71.8 Å². The van der Waals surface area contributed by atoms with Crippen molar-refractivity contribution in [2.24, 2.45) is 0 Å². The average molecular weight is 667 g/mol. The van der Waals surface area contributed by atoms with Crippen molar-refractivity contribution in [3.8, 4) is 34.2 Å². The van der Waals surface area contributed by atoms with E-state index in [9.17, 15) is 0 Å². The standard InChI is InChI=1S/C47H30N4O/c1-4-16-32(17-5-1)45-48-46(34-28-27-31-15-10-11-18-33(31)29-34)50-47(49-45)39-25-14-26-41-44(39)43-38-24-13-12-23-37(38)40(30-42(43)52-41)51(35-19-6-2-7-20-35)36-21-8-3-9-22-36/h1-30H. The van der Waals surface area contributed by atoms with Gasteiger partial charge in [0, 0.05) is 50.3 Å². The molecule has 10 rings (SSSR count). The second-order valence-corrected chi connectivity index (χ2v) is 12.8. The van der Waals surface area contributed by atoms with Crippen molar-refractivity contribution >= 4 is 60.5 Å². The highest BCUT2D eigenvalue weighted by atomic mass is 16.3. The highest BCUT2D eigenvalue weighted by Crippen LogP contribution is 2.46. The monoisotopic (exact) mass is 666 g/mol. The van der Waals surface area contributed by atoms with Gasteiger partial charge in [-0.25, -0.2) is 15.0 Å². The predicted octanol–water partition coefficient (Wildman–Crippen LogP) is 12.5. The lowest BCUT2D eigenvalue weighted by Gasteiger charge is -2.27. The summed E-state index contributed by atoms with van der Waals surface area (Å²) in [5.74, 6) is 1.83. The third kappa shape index (κ3) is 5.07. The van der Waals surface area contributed by atoms with E-state index in [2.05, 4.69) is 132 Å². The summed E-state index contributed by atoms with van der Waals surface area (Å²) in [6.07, 6.45) is 0. The summed E-state index contributed by atoms with van der Waals surface area (Å²) in [6.45, 7) is 0.